The van der Waals surface area contributed by atoms with Crippen molar-refractivity contribution in [3.05, 3.63) is 10.1 Å². The van der Waals surface area contributed by atoms with E-state index in [2.05, 4.69) is 18.8 Å². The Morgan fingerprint density at radius 1 is 1.29 bits per heavy atom. The Balaban J connectivity index is 3.94. The van der Waals surface area contributed by atoms with Crippen LogP contribution in [0.3, 0.4) is 0 Å². The van der Waals surface area contributed by atoms with Crippen molar-refractivity contribution < 1.29 is 4.92 Å². The fraction of sp³-hybridized carbons (Fsp3) is 0.900. The van der Waals surface area contributed by atoms with Crippen LogP contribution in [-0.4, -0.2) is 23.7 Å². The molecular formula is C10H20N2O2. The summed E-state index contributed by atoms with van der Waals surface area (Å²) in [6.45, 7) is 4.83. The Morgan fingerprint density at radius 3 is 2.43 bits per heavy atom. The van der Waals surface area contributed by atoms with Crippen LogP contribution >= 0.6 is 0 Å². The van der Waals surface area contributed by atoms with Crippen molar-refractivity contribution in [1.82, 2.24) is 0 Å². The van der Waals surface area contributed by atoms with Crippen LogP contribution in [0.5, 0.6) is 0 Å². The smallest absolute Gasteiger partial charge is 0.241 e. The van der Waals surface area contributed by atoms with E-state index in [0.717, 1.165) is 44.4 Å². The molecule has 4 heteroatoms. The van der Waals surface area contributed by atoms with Crippen LogP contribution in [0.15, 0.2) is 4.99 Å². The van der Waals surface area contributed by atoms with Crippen LogP contribution in [0, 0.1) is 10.1 Å². The van der Waals surface area contributed by atoms with Crippen LogP contribution in [0.1, 0.15) is 46.0 Å². The molecule has 0 fully saturated rings. The molecule has 4 nitrogen and oxygen atoms in total. The van der Waals surface area contributed by atoms with Gasteiger partial charge >= 0.3 is 0 Å². The molecule has 0 rings (SSSR count). The van der Waals surface area contributed by atoms with Crippen molar-refractivity contribution in [2.75, 3.05) is 13.1 Å². The van der Waals surface area contributed by atoms with Crippen molar-refractivity contribution in [3.8, 4) is 0 Å². The third kappa shape index (κ3) is 7.71. The van der Waals surface area contributed by atoms with Gasteiger partial charge in [0.05, 0.1) is 5.71 Å². The lowest BCUT2D eigenvalue weighted by atomic mass is 10.2. The lowest BCUT2D eigenvalue weighted by molar-refractivity contribution is -0.463. The number of hydrogen-bond acceptors (Lipinski definition) is 3. The van der Waals surface area contributed by atoms with Crippen LogP contribution in [0.25, 0.3) is 0 Å². The largest absolute Gasteiger partial charge is 0.287 e. The van der Waals surface area contributed by atoms with E-state index in [0.29, 0.717) is 0 Å². The van der Waals surface area contributed by atoms with Gasteiger partial charge in [0.25, 0.3) is 0 Å². The summed E-state index contributed by atoms with van der Waals surface area (Å²) in [6, 6.07) is 0. The Morgan fingerprint density at radius 2 is 1.93 bits per heavy atom. The maximum absolute atomic E-state index is 10.3. The molecule has 0 aromatic carbocycles. The summed E-state index contributed by atoms with van der Waals surface area (Å²) in [6.07, 6.45) is 4.95. The predicted octanol–water partition coefficient (Wildman–Crippen LogP) is 2.69. The lowest BCUT2D eigenvalue weighted by Crippen LogP contribution is -2.14. The van der Waals surface area contributed by atoms with Gasteiger partial charge in [0.15, 0.2) is 0 Å². The van der Waals surface area contributed by atoms with E-state index >= 15 is 0 Å². The Bertz CT molecular complexity index is 191. The summed E-state index contributed by atoms with van der Waals surface area (Å²) >= 11 is 0. The van der Waals surface area contributed by atoms with Gasteiger partial charge in [-0.1, -0.05) is 26.7 Å². The number of rotatable bonds is 8. The van der Waals surface area contributed by atoms with Crippen molar-refractivity contribution >= 4 is 5.71 Å². The van der Waals surface area contributed by atoms with Crippen molar-refractivity contribution in [2.24, 2.45) is 4.99 Å². The molecule has 14 heavy (non-hydrogen) atoms. The molecule has 0 radical (unpaired) electrons. The molecule has 0 aliphatic carbocycles. The molecule has 0 saturated heterocycles. The molecule has 0 amide bonds. The summed E-state index contributed by atoms with van der Waals surface area (Å²) in [5, 5.41) is 10.3. The van der Waals surface area contributed by atoms with Crippen molar-refractivity contribution in [3.63, 3.8) is 0 Å². The maximum Gasteiger partial charge on any atom is 0.241 e. The van der Waals surface area contributed by atoms with Gasteiger partial charge in [-0.15, -0.1) is 0 Å². The second-order valence-corrected chi connectivity index (χ2v) is 3.40. The fourth-order valence-corrected chi connectivity index (χ4v) is 1.13. The van der Waals surface area contributed by atoms with Gasteiger partial charge in [-0.2, -0.15) is 0 Å². The first kappa shape index (κ1) is 13.1. The lowest BCUT2D eigenvalue weighted by Gasteiger charge is -2.00. The fourth-order valence-electron chi connectivity index (χ4n) is 1.13. The number of nitro groups is 1. The van der Waals surface area contributed by atoms with E-state index in [1.807, 2.05) is 0 Å². The van der Waals surface area contributed by atoms with Crippen LogP contribution < -0.4 is 0 Å². The van der Waals surface area contributed by atoms with E-state index in [4.69, 9.17) is 0 Å². The van der Waals surface area contributed by atoms with Gasteiger partial charge < -0.3 is 0 Å². The third-order valence-corrected chi connectivity index (χ3v) is 1.98. The molecule has 0 aromatic heterocycles. The molecule has 82 valence electrons. The Hall–Kier alpha value is -0.930. The van der Waals surface area contributed by atoms with Gasteiger partial charge in [0, 0.05) is 11.5 Å². The summed E-state index contributed by atoms with van der Waals surface area (Å²) in [7, 11) is 0. The standard InChI is InChI=1S/C10H20N2O2/c1-3-5-7-10(9-12(13)14)11-8-6-4-2/h3-9H2,1-2H3/b11-10+. The quantitative estimate of drug-likeness (QED) is 0.262. The molecule has 0 saturated carbocycles. The van der Waals surface area contributed by atoms with Crippen molar-refractivity contribution in [2.45, 2.75) is 46.0 Å². The molecule has 0 aliphatic rings. The highest BCUT2D eigenvalue weighted by Gasteiger charge is 2.05. The first-order chi connectivity index (χ1) is 6.70. The number of nitrogens with zero attached hydrogens (tertiary/aromatic N) is 2. The van der Waals surface area contributed by atoms with Crippen LogP contribution in [0.4, 0.5) is 0 Å². The maximum atomic E-state index is 10.3. The Kier molecular flexibility index (Phi) is 8.08. The summed E-state index contributed by atoms with van der Waals surface area (Å²) in [4.78, 5) is 14.3. The first-order valence-electron chi connectivity index (χ1n) is 5.34. The molecule has 0 bridgehead atoms. The van der Waals surface area contributed by atoms with Gasteiger partial charge in [-0.25, -0.2) is 0 Å². The average Bonchev–Trinajstić information content (AvgIpc) is 2.13. The molecule has 0 atom stereocenters. The van der Waals surface area contributed by atoms with Gasteiger partial charge in [0.2, 0.25) is 6.54 Å². The van der Waals surface area contributed by atoms with Crippen LogP contribution in [-0.2, 0) is 0 Å². The van der Waals surface area contributed by atoms with E-state index < -0.39 is 0 Å². The second-order valence-electron chi connectivity index (χ2n) is 3.40. The van der Waals surface area contributed by atoms with E-state index in [1.54, 1.807) is 0 Å². The van der Waals surface area contributed by atoms with E-state index in [-0.39, 0.29) is 11.5 Å². The SMILES string of the molecule is CCCC/N=C(\CCCC)C[N+](=O)[O-]. The van der Waals surface area contributed by atoms with Gasteiger partial charge in [-0.3, -0.25) is 15.1 Å². The highest BCUT2D eigenvalue weighted by atomic mass is 16.6. The van der Waals surface area contributed by atoms with Gasteiger partial charge in [-0.05, 0) is 19.3 Å². The van der Waals surface area contributed by atoms with Crippen molar-refractivity contribution in [1.29, 1.82) is 0 Å². The summed E-state index contributed by atoms with van der Waals surface area (Å²) in [5.41, 5.74) is 0.755. The highest BCUT2D eigenvalue weighted by molar-refractivity contribution is 5.85. The molecule has 0 aromatic rings. The number of unbranched alkanes of at least 4 members (excludes halogenated alkanes) is 2. The number of hydrogen-bond donors (Lipinski definition) is 0. The molecule has 0 heterocycles. The topological polar surface area (TPSA) is 55.5 Å². The monoisotopic (exact) mass is 200 g/mol. The average molecular weight is 200 g/mol. The van der Waals surface area contributed by atoms with Gasteiger partial charge in [0.1, 0.15) is 0 Å². The predicted molar refractivity (Wildman–Crippen MR) is 58.6 cm³/mol. The summed E-state index contributed by atoms with van der Waals surface area (Å²) < 4.78 is 0. The zero-order valence-corrected chi connectivity index (χ0v) is 9.16. The third-order valence-electron chi connectivity index (χ3n) is 1.98. The molecule has 0 spiro atoms. The van der Waals surface area contributed by atoms with Crippen LogP contribution in [0.2, 0.25) is 0 Å². The highest BCUT2D eigenvalue weighted by Crippen LogP contribution is 1.99. The van der Waals surface area contributed by atoms with E-state index in [1.165, 1.54) is 0 Å². The zero-order valence-electron chi connectivity index (χ0n) is 9.16. The molecule has 0 unspecified atom stereocenters. The summed E-state index contributed by atoms with van der Waals surface area (Å²) in [5.74, 6) is 0. The first-order valence-corrected chi connectivity index (χ1v) is 5.34. The minimum absolute atomic E-state index is 0.0796. The van der Waals surface area contributed by atoms with E-state index in [9.17, 15) is 10.1 Å². The minimum atomic E-state index is -0.291. The minimum Gasteiger partial charge on any atom is -0.287 e. The Labute approximate surface area is 85.6 Å². The molecule has 0 aliphatic heterocycles. The second kappa shape index (κ2) is 8.66. The zero-order chi connectivity index (χ0) is 10.8. The normalized spacial score (nSPS) is 11.7. The molecule has 0 N–H and O–H groups in total. The molecular weight excluding hydrogens is 180 g/mol. The number of aliphatic imine (C=N–C) groups is 1.